The smallest absolute Gasteiger partial charge is 0.256 e. The first-order chi connectivity index (χ1) is 9.78. The van der Waals surface area contributed by atoms with Gasteiger partial charge in [0.1, 0.15) is 5.82 Å². The summed E-state index contributed by atoms with van der Waals surface area (Å²) in [6, 6.07) is 7.35. The molecule has 2 heterocycles. The predicted octanol–water partition coefficient (Wildman–Crippen LogP) is 3.16. The maximum absolute atomic E-state index is 12.3. The number of hydrogen-bond acceptors (Lipinski definition) is 4. The molecule has 0 atom stereocenters. The van der Waals surface area contributed by atoms with Crippen molar-refractivity contribution in [3.05, 3.63) is 41.5 Å². The summed E-state index contributed by atoms with van der Waals surface area (Å²) < 4.78 is 2.87. The van der Waals surface area contributed by atoms with Gasteiger partial charge in [-0.1, -0.05) is 6.92 Å². The van der Waals surface area contributed by atoms with E-state index in [0.717, 1.165) is 29.0 Å². The zero-order valence-corrected chi connectivity index (χ0v) is 11.9. The van der Waals surface area contributed by atoms with Crippen molar-refractivity contribution in [2.75, 3.05) is 5.32 Å². The number of aromatic nitrogens is 3. The second-order valence-electron chi connectivity index (χ2n) is 4.43. The molecule has 0 aliphatic heterocycles. The molecular weight excluding hydrogens is 272 g/mol. The van der Waals surface area contributed by atoms with Gasteiger partial charge < -0.3 is 5.32 Å². The van der Waals surface area contributed by atoms with Crippen LogP contribution in [-0.2, 0) is 6.54 Å². The van der Waals surface area contributed by atoms with E-state index in [2.05, 4.69) is 22.3 Å². The molecule has 2 aromatic heterocycles. The fraction of sp³-hybridized carbons (Fsp3) is 0.214. The quantitative estimate of drug-likeness (QED) is 0.801. The summed E-state index contributed by atoms with van der Waals surface area (Å²) in [4.78, 5) is 16.5. The molecule has 6 heteroatoms. The van der Waals surface area contributed by atoms with Crippen molar-refractivity contribution in [1.82, 2.24) is 14.8 Å². The molecular formula is C14H14N4OS. The maximum atomic E-state index is 12.3. The van der Waals surface area contributed by atoms with E-state index < -0.39 is 0 Å². The van der Waals surface area contributed by atoms with Gasteiger partial charge in [0.05, 0.1) is 21.9 Å². The number of hydrogen-bond donors (Lipinski definition) is 1. The van der Waals surface area contributed by atoms with Crippen molar-refractivity contribution in [2.45, 2.75) is 19.9 Å². The zero-order chi connectivity index (χ0) is 13.9. The summed E-state index contributed by atoms with van der Waals surface area (Å²) in [6.07, 6.45) is 2.66. The van der Waals surface area contributed by atoms with Gasteiger partial charge >= 0.3 is 0 Å². The second-order valence-corrected chi connectivity index (χ2v) is 5.31. The van der Waals surface area contributed by atoms with Crippen LogP contribution in [0.15, 0.2) is 36.0 Å². The van der Waals surface area contributed by atoms with Gasteiger partial charge in [0.15, 0.2) is 0 Å². The molecule has 1 aromatic carbocycles. The fourth-order valence-corrected chi connectivity index (χ4v) is 2.68. The van der Waals surface area contributed by atoms with E-state index in [-0.39, 0.29) is 5.91 Å². The number of nitrogens with zero attached hydrogens (tertiary/aromatic N) is 3. The molecule has 0 bridgehead atoms. The van der Waals surface area contributed by atoms with Crippen molar-refractivity contribution < 1.29 is 4.79 Å². The lowest BCUT2D eigenvalue weighted by Crippen LogP contribution is -2.15. The number of amides is 1. The minimum atomic E-state index is -0.141. The van der Waals surface area contributed by atoms with Crippen LogP contribution in [-0.4, -0.2) is 20.7 Å². The summed E-state index contributed by atoms with van der Waals surface area (Å²) >= 11 is 1.57. The van der Waals surface area contributed by atoms with Gasteiger partial charge in [-0.25, -0.2) is 9.67 Å². The molecule has 3 aromatic rings. The monoisotopic (exact) mass is 286 g/mol. The minimum absolute atomic E-state index is 0.141. The Labute approximate surface area is 120 Å². The number of anilines is 1. The van der Waals surface area contributed by atoms with Gasteiger partial charge in [0.2, 0.25) is 0 Å². The summed E-state index contributed by atoms with van der Waals surface area (Å²) in [5.74, 6) is 0.577. The van der Waals surface area contributed by atoms with Crippen LogP contribution in [0.1, 0.15) is 23.7 Å². The number of nitrogens with one attached hydrogen (secondary N) is 1. The average Bonchev–Trinajstić information content (AvgIpc) is 3.07. The van der Waals surface area contributed by atoms with Crippen LogP contribution in [0.3, 0.4) is 0 Å². The maximum Gasteiger partial charge on any atom is 0.256 e. The average molecular weight is 286 g/mol. The van der Waals surface area contributed by atoms with E-state index in [1.807, 2.05) is 18.2 Å². The number of benzene rings is 1. The number of rotatable bonds is 4. The van der Waals surface area contributed by atoms with Crippen molar-refractivity contribution in [3.8, 4) is 0 Å². The van der Waals surface area contributed by atoms with Crippen LogP contribution < -0.4 is 5.32 Å². The normalized spacial score (nSPS) is 10.8. The fourth-order valence-electron chi connectivity index (χ4n) is 2.02. The molecule has 0 fully saturated rings. The molecule has 0 aliphatic carbocycles. The number of fused-ring (bicyclic) bond motifs is 1. The van der Waals surface area contributed by atoms with Crippen LogP contribution >= 0.6 is 11.3 Å². The first-order valence-corrected chi connectivity index (χ1v) is 7.32. The summed E-state index contributed by atoms with van der Waals surface area (Å²) in [5.41, 5.74) is 3.24. The van der Waals surface area contributed by atoms with E-state index in [1.165, 1.54) is 0 Å². The Morgan fingerprint density at radius 1 is 1.40 bits per heavy atom. The van der Waals surface area contributed by atoms with Crippen molar-refractivity contribution in [2.24, 2.45) is 0 Å². The molecule has 0 saturated carbocycles. The molecule has 102 valence electrons. The number of carbonyl (C=O) groups is 1. The Morgan fingerprint density at radius 2 is 2.30 bits per heavy atom. The lowest BCUT2D eigenvalue weighted by atomic mass is 10.2. The van der Waals surface area contributed by atoms with Gasteiger partial charge in [-0.2, -0.15) is 5.10 Å². The molecule has 0 aliphatic rings. The van der Waals surface area contributed by atoms with Crippen molar-refractivity contribution in [3.63, 3.8) is 0 Å². The van der Waals surface area contributed by atoms with Gasteiger partial charge in [0.25, 0.3) is 5.91 Å². The second kappa shape index (κ2) is 5.42. The Hall–Kier alpha value is -2.21. The highest BCUT2D eigenvalue weighted by Gasteiger charge is 2.10. The molecule has 0 unspecified atom stereocenters. The third kappa shape index (κ3) is 2.42. The number of aryl methyl sites for hydroxylation is 1. The molecule has 0 saturated heterocycles. The highest BCUT2D eigenvalue weighted by atomic mass is 32.1. The Bertz CT molecular complexity index is 746. The lowest BCUT2D eigenvalue weighted by molar-refractivity contribution is 0.102. The van der Waals surface area contributed by atoms with Crippen LogP contribution in [0.2, 0.25) is 0 Å². The summed E-state index contributed by atoms with van der Waals surface area (Å²) in [5, 5.41) is 7.07. The summed E-state index contributed by atoms with van der Waals surface area (Å²) in [7, 11) is 0. The third-order valence-corrected chi connectivity index (χ3v) is 3.80. The minimum Gasteiger partial charge on any atom is -0.307 e. The third-order valence-electron chi connectivity index (χ3n) is 2.99. The number of carbonyl (C=O) groups excluding carboxylic acids is 1. The van der Waals surface area contributed by atoms with Crippen molar-refractivity contribution in [1.29, 1.82) is 0 Å². The largest absolute Gasteiger partial charge is 0.307 e. The van der Waals surface area contributed by atoms with Crippen LogP contribution in [0.5, 0.6) is 0 Å². The Balaban J connectivity index is 1.83. The van der Waals surface area contributed by atoms with Crippen LogP contribution in [0, 0.1) is 0 Å². The van der Waals surface area contributed by atoms with E-state index in [9.17, 15) is 4.79 Å². The van der Waals surface area contributed by atoms with Gasteiger partial charge in [0, 0.05) is 18.2 Å². The first kappa shape index (κ1) is 12.8. The molecule has 1 N–H and O–H groups in total. The van der Waals surface area contributed by atoms with Gasteiger partial charge in [-0.05, 0) is 24.6 Å². The lowest BCUT2D eigenvalue weighted by Gasteiger charge is -2.08. The highest BCUT2D eigenvalue weighted by Crippen LogP contribution is 2.19. The standard InChI is InChI=1S/C14H14N4OS/c1-2-7-18-13(5-6-16-18)17-14(19)10-3-4-12-11(8-10)15-9-20-12/h3-6,8-9H,2,7H2,1H3,(H,17,19). The van der Waals surface area contributed by atoms with E-state index in [1.54, 1.807) is 33.8 Å². The van der Waals surface area contributed by atoms with Gasteiger partial charge in [-0.3, -0.25) is 4.79 Å². The van der Waals surface area contributed by atoms with E-state index in [0.29, 0.717) is 5.56 Å². The van der Waals surface area contributed by atoms with Gasteiger partial charge in [-0.15, -0.1) is 11.3 Å². The van der Waals surface area contributed by atoms with Crippen LogP contribution in [0.4, 0.5) is 5.82 Å². The van der Waals surface area contributed by atoms with E-state index >= 15 is 0 Å². The first-order valence-electron chi connectivity index (χ1n) is 6.44. The molecule has 0 radical (unpaired) electrons. The highest BCUT2D eigenvalue weighted by molar-refractivity contribution is 7.16. The SMILES string of the molecule is CCCn1nccc1NC(=O)c1ccc2scnc2c1. The molecule has 20 heavy (non-hydrogen) atoms. The van der Waals surface area contributed by atoms with Crippen molar-refractivity contribution >= 4 is 33.3 Å². The van der Waals surface area contributed by atoms with E-state index in [4.69, 9.17) is 0 Å². The zero-order valence-electron chi connectivity index (χ0n) is 11.0. The topological polar surface area (TPSA) is 59.8 Å². The summed E-state index contributed by atoms with van der Waals surface area (Å²) in [6.45, 7) is 2.86. The van der Waals surface area contributed by atoms with Crippen LogP contribution in [0.25, 0.3) is 10.2 Å². The Kier molecular flexibility index (Phi) is 3.47. The molecule has 5 nitrogen and oxygen atoms in total. The molecule has 0 spiro atoms. The molecule has 3 rings (SSSR count). The predicted molar refractivity (Wildman–Crippen MR) is 80.1 cm³/mol. The number of thiazole rings is 1. The Morgan fingerprint density at radius 3 is 3.15 bits per heavy atom. The molecule has 1 amide bonds.